The highest BCUT2D eigenvalue weighted by Crippen LogP contribution is 2.39. The molecule has 0 aliphatic carbocycles. The summed E-state index contributed by atoms with van der Waals surface area (Å²) in [6, 6.07) is 10.6. The van der Waals surface area contributed by atoms with E-state index in [0.29, 0.717) is 13.2 Å². The second-order valence-corrected chi connectivity index (χ2v) is 8.28. The first-order valence-corrected chi connectivity index (χ1v) is 10.3. The number of halogens is 2. The van der Waals surface area contributed by atoms with Crippen LogP contribution in [0.25, 0.3) is 11.0 Å². The molecule has 0 radical (unpaired) electrons. The Hall–Kier alpha value is -2.51. The molecule has 2 aromatic carbocycles. The number of hydrogen-bond donors (Lipinski definition) is 0. The molecular formula is C22H17BrFNO4. The van der Waals surface area contributed by atoms with Crippen LogP contribution in [0.15, 0.2) is 56.1 Å². The monoisotopic (exact) mass is 457 g/mol. The number of ether oxygens (including phenoxy) is 1. The lowest BCUT2D eigenvalue weighted by atomic mass is 9.98. The molecule has 3 aromatic rings. The van der Waals surface area contributed by atoms with Crippen molar-refractivity contribution in [1.82, 2.24) is 4.90 Å². The number of hydrogen-bond acceptors (Lipinski definition) is 4. The second kappa shape index (κ2) is 7.07. The van der Waals surface area contributed by atoms with E-state index < -0.39 is 11.9 Å². The van der Waals surface area contributed by atoms with Gasteiger partial charge >= 0.3 is 0 Å². The van der Waals surface area contributed by atoms with Gasteiger partial charge in [0, 0.05) is 17.6 Å². The summed E-state index contributed by atoms with van der Waals surface area (Å²) in [7, 11) is 0. The van der Waals surface area contributed by atoms with Gasteiger partial charge in [-0.25, -0.2) is 4.39 Å². The third-order valence-corrected chi connectivity index (χ3v) is 6.01. The lowest BCUT2D eigenvalue weighted by Gasteiger charge is -2.27. The van der Waals surface area contributed by atoms with Gasteiger partial charge in [0.05, 0.1) is 23.1 Å². The molecule has 0 saturated carbocycles. The van der Waals surface area contributed by atoms with E-state index in [2.05, 4.69) is 15.9 Å². The Kier molecular flexibility index (Phi) is 4.52. The molecule has 2 aliphatic rings. The first kappa shape index (κ1) is 18.5. The standard InChI is InChI=1S/C22H17BrFNO4/c23-13-4-1-3-12(9-13)19-18-20(26)16-10-14(24)6-7-17(16)29-21(18)22(27)25(19)11-15-5-2-8-28-15/h1,3-4,6-7,9-10,15,19H,2,5,8,11H2. The predicted octanol–water partition coefficient (Wildman–Crippen LogP) is 4.42. The van der Waals surface area contributed by atoms with Crippen molar-refractivity contribution in [3.05, 3.63) is 79.9 Å². The molecule has 148 valence electrons. The van der Waals surface area contributed by atoms with E-state index in [4.69, 9.17) is 9.15 Å². The van der Waals surface area contributed by atoms with Crippen molar-refractivity contribution in [3.63, 3.8) is 0 Å². The molecule has 29 heavy (non-hydrogen) atoms. The van der Waals surface area contributed by atoms with Crippen LogP contribution in [0.4, 0.5) is 4.39 Å². The average Bonchev–Trinajstić information content (AvgIpc) is 3.31. The number of nitrogens with zero attached hydrogens (tertiary/aromatic N) is 1. The molecule has 0 N–H and O–H groups in total. The minimum Gasteiger partial charge on any atom is -0.450 e. The molecule has 0 bridgehead atoms. The molecular weight excluding hydrogens is 441 g/mol. The summed E-state index contributed by atoms with van der Waals surface area (Å²) in [6.07, 6.45) is 1.73. The fourth-order valence-corrected chi connectivity index (χ4v) is 4.63. The van der Waals surface area contributed by atoms with Gasteiger partial charge in [-0.05, 0) is 48.7 Å². The summed E-state index contributed by atoms with van der Waals surface area (Å²) >= 11 is 3.46. The molecule has 0 spiro atoms. The van der Waals surface area contributed by atoms with Gasteiger partial charge in [-0.3, -0.25) is 9.59 Å². The highest BCUT2D eigenvalue weighted by molar-refractivity contribution is 9.10. The molecule has 1 aromatic heterocycles. The molecule has 2 atom stereocenters. The van der Waals surface area contributed by atoms with Crippen molar-refractivity contribution in [2.45, 2.75) is 25.0 Å². The fraction of sp³-hybridized carbons (Fsp3) is 0.273. The van der Waals surface area contributed by atoms with Gasteiger partial charge in [-0.15, -0.1) is 0 Å². The number of amides is 1. The van der Waals surface area contributed by atoms with E-state index in [1.807, 2.05) is 24.3 Å². The number of benzene rings is 2. The first-order chi connectivity index (χ1) is 14.0. The van der Waals surface area contributed by atoms with E-state index in [-0.39, 0.29) is 39.7 Å². The van der Waals surface area contributed by atoms with Crippen molar-refractivity contribution in [3.8, 4) is 0 Å². The van der Waals surface area contributed by atoms with Crippen LogP contribution in [0.2, 0.25) is 0 Å². The highest BCUT2D eigenvalue weighted by Gasteiger charge is 2.43. The number of fused-ring (bicyclic) bond motifs is 2. The van der Waals surface area contributed by atoms with Crippen LogP contribution >= 0.6 is 15.9 Å². The van der Waals surface area contributed by atoms with Crippen molar-refractivity contribution in [2.75, 3.05) is 13.2 Å². The molecule has 2 unspecified atom stereocenters. The molecule has 3 heterocycles. The van der Waals surface area contributed by atoms with Crippen molar-refractivity contribution >= 4 is 32.8 Å². The quantitative estimate of drug-likeness (QED) is 0.583. The molecule has 1 saturated heterocycles. The van der Waals surface area contributed by atoms with Gasteiger partial charge in [-0.1, -0.05) is 28.1 Å². The van der Waals surface area contributed by atoms with E-state index >= 15 is 0 Å². The van der Waals surface area contributed by atoms with Crippen LogP contribution in [0.3, 0.4) is 0 Å². The zero-order valence-electron chi connectivity index (χ0n) is 15.4. The fourth-order valence-electron chi connectivity index (χ4n) is 4.21. The van der Waals surface area contributed by atoms with E-state index in [1.54, 1.807) is 4.90 Å². The van der Waals surface area contributed by atoms with Crippen molar-refractivity contribution in [1.29, 1.82) is 0 Å². The largest absolute Gasteiger partial charge is 0.450 e. The third kappa shape index (κ3) is 3.09. The molecule has 7 heteroatoms. The summed E-state index contributed by atoms with van der Waals surface area (Å²) in [6.45, 7) is 1.03. The second-order valence-electron chi connectivity index (χ2n) is 7.36. The van der Waals surface area contributed by atoms with Gasteiger partial charge in [-0.2, -0.15) is 0 Å². The van der Waals surface area contributed by atoms with Crippen LogP contribution in [0, 0.1) is 5.82 Å². The van der Waals surface area contributed by atoms with E-state index in [0.717, 1.165) is 28.9 Å². The number of rotatable bonds is 3. The van der Waals surface area contributed by atoms with E-state index in [1.165, 1.54) is 12.1 Å². The minimum atomic E-state index is -0.608. The van der Waals surface area contributed by atoms with Gasteiger partial charge in [0.15, 0.2) is 5.43 Å². The van der Waals surface area contributed by atoms with Gasteiger partial charge in [0.25, 0.3) is 5.91 Å². The molecule has 2 aliphatic heterocycles. The van der Waals surface area contributed by atoms with Gasteiger partial charge < -0.3 is 14.1 Å². The maximum atomic E-state index is 13.8. The van der Waals surface area contributed by atoms with E-state index in [9.17, 15) is 14.0 Å². The smallest absolute Gasteiger partial charge is 0.291 e. The molecule has 5 rings (SSSR count). The summed E-state index contributed by atoms with van der Waals surface area (Å²) in [4.78, 5) is 28.2. The number of carbonyl (C=O) groups excluding carboxylic acids is 1. The van der Waals surface area contributed by atoms with Gasteiger partial charge in [0.1, 0.15) is 11.4 Å². The predicted molar refractivity (Wildman–Crippen MR) is 108 cm³/mol. The number of carbonyl (C=O) groups is 1. The summed E-state index contributed by atoms with van der Waals surface area (Å²) in [5, 5.41) is 0.135. The first-order valence-electron chi connectivity index (χ1n) is 9.47. The lowest BCUT2D eigenvalue weighted by Crippen LogP contribution is -2.36. The normalized spacial score (nSPS) is 21.2. The van der Waals surface area contributed by atoms with Crippen LogP contribution in [-0.4, -0.2) is 30.1 Å². The molecule has 1 amide bonds. The van der Waals surface area contributed by atoms with Crippen LogP contribution in [0.1, 0.15) is 40.6 Å². The zero-order chi connectivity index (χ0) is 20.1. The Balaban J connectivity index is 1.72. The SMILES string of the molecule is O=C1c2oc3ccc(F)cc3c(=O)c2C(c2cccc(Br)c2)N1CC1CCCO1. The van der Waals surface area contributed by atoms with Crippen LogP contribution in [0.5, 0.6) is 0 Å². The Labute approximate surface area is 174 Å². The topological polar surface area (TPSA) is 59.8 Å². The maximum absolute atomic E-state index is 13.8. The summed E-state index contributed by atoms with van der Waals surface area (Å²) in [5.41, 5.74) is 0.862. The Bertz CT molecular complexity index is 1190. The Morgan fingerprint density at radius 1 is 1.17 bits per heavy atom. The summed E-state index contributed by atoms with van der Waals surface area (Å²) in [5.74, 6) is -0.842. The summed E-state index contributed by atoms with van der Waals surface area (Å²) < 4.78 is 26.2. The highest BCUT2D eigenvalue weighted by atomic mass is 79.9. The van der Waals surface area contributed by atoms with Crippen molar-refractivity contribution in [2.24, 2.45) is 0 Å². The molecule has 5 nitrogen and oxygen atoms in total. The molecule has 1 fully saturated rings. The Morgan fingerprint density at radius 3 is 2.79 bits per heavy atom. The Morgan fingerprint density at radius 2 is 2.03 bits per heavy atom. The zero-order valence-corrected chi connectivity index (χ0v) is 16.9. The third-order valence-electron chi connectivity index (χ3n) is 5.52. The van der Waals surface area contributed by atoms with Crippen LogP contribution in [-0.2, 0) is 4.74 Å². The maximum Gasteiger partial charge on any atom is 0.291 e. The van der Waals surface area contributed by atoms with Crippen LogP contribution < -0.4 is 5.43 Å². The van der Waals surface area contributed by atoms with Gasteiger partial charge in [0.2, 0.25) is 5.76 Å². The minimum absolute atomic E-state index is 0.0251. The van der Waals surface area contributed by atoms with Crippen molar-refractivity contribution < 1.29 is 18.3 Å². The lowest BCUT2D eigenvalue weighted by molar-refractivity contribution is 0.0486. The average molecular weight is 458 g/mol.